The fraction of sp³-hybridized carbons (Fsp3) is 0.938. The summed E-state index contributed by atoms with van der Waals surface area (Å²) in [4.78, 5) is 14.1. The molecule has 0 radical (unpaired) electrons. The van der Waals surface area contributed by atoms with Crippen molar-refractivity contribution in [3.05, 3.63) is 0 Å². The molecule has 0 aromatic heterocycles. The minimum absolute atomic E-state index is 0.213. The number of fused-ring (bicyclic) bond motifs is 1. The largest absolute Gasteiger partial charge is 0.480 e. The second kappa shape index (κ2) is 4.76. The van der Waals surface area contributed by atoms with Crippen molar-refractivity contribution in [1.82, 2.24) is 4.90 Å². The maximum Gasteiger partial charge on any atom is 0.320 e. The molecule has 3 aliphatic rings. The molecule has 4 unspecified atom stereocenters. The van der Waals surface area contributed by atoms with E-state index in [1.165, 1.54) is 44.9 Å². The van der Waals surface area contributed by atoms with Crippen molar-refractivity contribution in [1.29, 1.82) is 0 Å². The third-order valence-electron chi connectivity index (χ3n) is 5.98. The van der Waals surface area contributed by atoms with Gasteiger partial charge in [-0.15, -0.1) is 0 Å². The van der Waals surface area contributed by atoms with E-state index in [-0.39, 0.29) is 6.04 Å². The highest BCUT2D eigenvalue weighted by atomic mass is 16.4. The highest BCUT2D eigenvalue weighted by molar-refractivity contribution is 5.74. The van der Waals surface area contributed by atoms with Crippen molar-refractivity contribution in [2.45, 2.75) is 83.3 Å². The van der Waals surface area contributed by atoms with Crippen molar-refractivity contribution in [2.24, 2.45) is 11.3 Å². The molecule has 3 heteroatoms. The number of likely N-dealkylation sites (tertiary alicyclic amines) is 1. The molecule has 1 saturated heterocycles. The minimum Gasteiger partial charge on any atom is -0.480 e. The summed E-state index contributed by atoms with van der Waals surface area (Å²) < 4.78 is 0. The maximum absolute atomic E-state index is 11.7. The van der Waals surface area contributed by atoms with Gasteiger partial charge in [-0.3, -0.25) is 9.69 Å². The Morgan fingerprint density at radius 2 is 1.89 bits per heavy atom. The summed E-state index contributed by atoms with van der Waals surface area (Å²) in [5, 5.41) is 9.62. The summed E-state index contributed by atoms with van der Waals surface area (Å²) in [6.07, 6.45) is 9.66. The number of rotatable bonds is 2. The monoisotopic (exact) mass is 265 g/mol. The number of hydrogen-bond donors (Lipinski definition) is 1. The molecule has 3 fully saturated rings. The molecule has 108 valence electrons. The van der Waals surface area contributed by atoms with Gasteiger partial charge < -0.3 is 5.11 Å². The van der Waals surface area contributed by atoms with E-state index < -0.39 is 5.97 Å². The molecule has 0 aromatic carbocycles. The van der Waals surface area contributed by atoms with Crippen molar-refractivity contribution < 1.29 is 9.90 Å². The highest BCUT2D eigenvalue weighted by Gasteiger charge is 2.52. The lowest BCUT2D eigenvalue weighted by molar-refractivity contribution is -0.144. The first-order valence-corrected chi connectivity index (χ1v) is 8.01. The second-order valence-electron chi connectivity index (χ2n) is 7.55. The van der Waals surface area contributed by atoms with Gasteiger partial charge in [0.15, 0.2) is 0 Å². The van der Waals surface area contributed by atoms with Gasteiger partial charge in [-0.2, -0.15) is 0 Å². The number of aliphatic carboxylic acids is 1. The van der Waals surface area contributed by atoms with Crippen molar-refractivity contribution in [3.63, 3.8) is 0 Å². The molecule has 19 heavy (non-hydrogen) atoms. The summed E-state index contributed by atoms with van der Waals surface area (Å²) in [6, 6.07) is 0.828. The zero-order chi connectivity index (χ0) is 13.6. The molecule has 2 saturated carbocycles. The molecular formula is C16H27NO2. The molecule has 1 aliphatic heterocycles. The lowest BCUT2D eigenvalue weighted by Gasteiger charge is -2.42. The Kier molecular flexibility index (Phi) is 3.36. The summed E-state index contributed by atoms with van der Waals surface area (Å²) in [5.74, 6) is 0.0587. The zero-order valence-corrected chi connectivity index (χ0v) is 12.3. The predicted molar refractivity (Wildman–Crippen MR) is 75.0 cm³/mol. The standard InChI is InChI=1S/C16H27NO2/c1-16(2)9-5-8-14(16)17-12-7-4-3-6-11(12)10-13(17)15(18)19/h11-14H,3-10H2,1-2H3,(H,18,19). The van der Waals surface area contributed by atoms with E-state index >= 15 is 0 Å². The van der Waals surface area contributed by atoms with Gasteiger partial charge in [0.25, 0.3) is 0 Å². The average molecular weight is 265 g/mol. The minimum atomic E-state index is -0.586. The van der Waals surface area contributed by atoms with Crippen LogP contribution in [0.4, 0.5) is 0 Å². The number of carboxylic acids is 1. The second-order valence-corrected chi connectivity index (χ2v) is 7.55. The van der Waals surface area contributed by atoms with Crippen LogP contribution in [0, 0.1) is 11.3 Å². The topological polar surface area (TPSA) is 40.5 Å². The Labute approximate surface area is 116 Å². The lowest BCUT2D eigenvalue weighted by atomic mass is 9.82. The normalized spacial score (nSPS) is 42.2. The summed E-state index contributed by atoms with van der Waals surface area (Å²) >= 11 is 0. The maximum atomic E-state index is 11.7. The van der Waals surface area contributed by atoms with E-state index in [4.69, 9.17) is 0 Å². The van der Waals surface area contributed by atoms with Gasteiger partial charge in [0.2, 0.25) is 0 Å². The molecule has 4 atom stereocenters. The number of carbonyl (C=O) groups is 1. The average Bonchev–Trinajstić information content (AvgIpc) is 2.88. The number of hydrogen-bond acceptors (Lipinski definition) is 2. The van der Waals surface area contributed by atoms with Crippen LogP contribution >= 0.6 is 0 Å². The Bertz CT molecular complexity index is 366. The molecule has 0 amide bonds. The van der Waals surface area contributed by atoms with E-state index in [9.17, 15) is 9.90 Å². The molecule has 0 spiro atoms. The first-order chi connectivity index (χ1) is 9.00. The number of carboxylic acid groups (broad SMARTS) is 1. The molecule has 0 aromatic rings. The van der Waals surface area contributed by atoms with Crippen LogP contribution in [0.2, 0.25) is 0 Å². The van der Waals surface area contributed by atoms with Crippen LogP contribution in [-0.2, 0) is 4.79 Å². The van der Waals surface area contributed by atoms with Crippen molar-refractivity contribution >= 4 is 5.97 Å². The van der Waals surface area contributed by atoms with Crippen molar-refractivity contribution in [2.75, 3.05) is 0 Å². The molecule has 3 rings (SSSR count). The molecule has 3 nitrogen and oxygen atoms in total. The summed E-state index contributed by atoms with van der Waals surface area (Å²) in [7, 11) is 0. The van der Waals surface area contributed by atoms with Crippen LogP contribution in [-0.4, -0.2) is 34.1 Å². The molecular weight excluding hydrogens is 238 g/mol. The van der Waals surface area contributed by atoms with Crippen LogP contribution in [0.5, 0.6) is 0 Å². The first kappa shape index (κ1) is 13.4. The van der Waals surface area contributed by atoms with Gasteiger partial charge in [0, 0.05) is 12.1 Å². The third-order valence-corrected chi connectivity index (χ3v) is 5.98. The van der Waals surface area contributed by atoms with E-state index in [1.54, 1.807) is 0 Å². The van der Waals surface area contributed by atoms with Gasteiger partial charge in [0.1, 0.15) is 6.04 Å². The smallest absolute Gasteiger partial charge is 0.320 e. The van der Waals surface area contributed by atoms with Gasteiger partial charge in [0.05, 0.1) is 0 Å². The lowest BCUT2D eigenvalue weighted by Crippen LogP contribution is -2.52. The molecule has 1 heterocycles. The van der Waals surface area contributed by atoms with Crippen LogP contribution in [0.1, 0.15) is 65.2 Å². The van der Waals surface area contributed by atoms with Crippen LogP contribution in [0.15, 0.2) is 0 Å². The summed E-state index contributed by atoms with van der Waals surface area (Å²) in [6.45, 7) is 4.67. The first-order valence-electron chi connectivity index (χ1n) is 8.01. The molecule has 2 aliphatic carbocycles. The van der Waals surface area contributed by atoms with Crippen LogP contribution < -0.4 is 0 Å². The Morgan fingerprint density at radius 3 is 2.53 bits per heavy atom. The molecule has 0 bridgehead atoms. The van der Waals surface area contributed by atoms with Crippen molar-refractivity contribution in [3.8, 4) is 0 Å². The van der Waals surface area contributed by atoms with E-state index in [0.717, 1.165) is 6.42 Å². The van der Waals surface area contributed by atoms with Gasteiger partial charge in [-0.1, -0.05) is 33.1 Å². The van der Waals surface area contributed by atoms with Crippen LogP contribution in [0.3, 0.4) is 0 Å². The van der Waals surface area contributed by atoms with Gasteiger partial charge >= 0.3 is 5.97 Å². The number of nitrogens with zero attached hydrogens (tertiary/aromatic N) is 1. The Morgan fingerprint density at radius 1 is 1.16 bits per heavy atom. The quantitative estimate of drug-likeness (QED) is 0.833. The Balaban J connectivity index is 1.88. The summed E-state index contributed by atoms with van der Waals surface area (Å²) in [5.41, 5.74) is 0.292. The third kappa shape index (κ3) is 2.20. The fourth-order valence-electron chi connectivity index (χ4n) is 5.03. The van der Waals surface area contributed by atoms with Gasteiger partial charge in [-0.05, 0) is 43.4 Å². The molecule has 1 N–H and O–H groups in total. The van der Waals surface area contributed by atoms with E-state index in [1.807, 2.05) is 0 Å². The van der Waals surface area contributed by atoms with E-state index in [0.29, 0.717) is 23.4 Å². The fourth-order valence-corrected chi connectivity index (χ4v) is 5.03. The van der Waals surface area contributed by atoms with Gasteiger partial charge in [-0.25, -0.2) is 0 Å². The van der Waals surface area contributed by atoms with Crippen LogP contribution in [0.25, 0.3) is 0 Å². The van der Waals surface area contributed by atoms with E-state index in [2.05, 4.69) is 18.7 Å². The zero-order valence-electron chi connectivity index (χ0n) is 12.3. The predicted octanol–water partition coefficient (Wildman–Crippen LogP) is 3.28. The highest BCUT2D eigenvalue weighted by Crippen LogP contribution is 2.48. The SMILES string of the molecule is CC1(C)CCCC1N1C(C(=O)O)CC2CCCCC21. The Hall–Kier alpha value is -0.570.